The molecule has 22 nitrogen and oxygen atoms in total. The zero-order chi connectivity index (χ0) is 43.4. The zero-order valence-electron chi connectivity index (χ0n) is 33.9. The van der Waals surface area contributed by atoms with Crippen LogP contribution in [0, 0.1) is 11.3 Å². The number of hydrogen-bond donors (Lipinski definition) is 3. The molecule has 4 rings (SSSR count). The van der Waals surface area contributed by atoms with Crippen LogP contribution in [0.1, 0.15) is 75.0 Å². The van der Waals surface area contributed by atoms with E-state index in [2.05, 4.69) is 10.3 Å². The Kier molecular flexibility index (Phi) is 15.8. The molecule has 0 spiro atoms. The molecule has 0 aromatic carbocycles. The summed E-state index contributed by atoms with van der Waals surface area (Å²) in [7, 11) is -9.90. The number of phosphoric acid groups is 1. The molecule has 25 heteroatoms. The fourth-order valence-electron chi connectivity index (χ4n) is 7.24. The molecule has 0 radical (unpaired) electrons. The van der Waals surface area contributed by atoms with Crippen LogP contribution in [0.15, 0.2) is 21.9 Å². The lowest BCUT2D eigenvalue weighted by Gasteiger charge is -2.58. The molecule has 1 aromatic heterocycles. The van der Waals surface area contributed by atoms with Gasteiger partial charge in [0, 0.05) is 50.2 Å². The van der Waals surface area contributed by atoms with E-state index < -0.39 is 126 Å². The number of ether oxygens (including phenoxy) is 5. The Bertz CT molecular complexity index is 1830. The molecule has 58 heavy (non-hydrogen) atoms. The number of rotatable bonds is 15. The van der Waals surface area contributed by atoms with Crippen LogP contribution in [-0.2, 0) is 69.4 Å². The Morgan fingerprint density at radius 3 is 2.24 bits per heavy atom. The van der Waals surface area contributed by atoms with Gasteiger partial charge in [0.25, 0.3) is 5.56 Å². The molecular formula is C33H52N4O18P2Si. The molecule has 1 aromatic rings. The first-order chi connectivity index (χ1) is 26.9. The normalized spacial score (nSPS) is 29.9. The van der Waals surface area contributed by atoms with Crippen LogP contribution in [0.5, 0.6) is 0 Å². The van der Waals surface area contributed by atoms with Gasteiger partial charge in [-0.2, -0.15) is 5.26 Å². The Morgan fingerprint density at radius 1 is 1.05 bits per heavy atom. The van der Waals surface area contributed by atoms with Crippen molar-refractivity contribution in [3.05, 3.63) is 33.1 Å². The van der Waals surface area contributed by atoms with Gasteiger partial charge in [-0.3, -0.25) is 33.3 Å². The average Bonchev–Trinajstić information content (AvgIpc) is 3.40. The maximum Gasteiger partial charge on any atom is 0.481 e. The summed E-state index contributed by atoms with van der Waals surface area (Å²) in [5, 5.41) is 10.9. The summed E-state index contributed by atoms with van der Waals surface area (Å²) in [6.07, 6.45) is -9.13. The molecule has 4 heterocycles. The number of fused-ring (bicyclic) bond motifs is 1. The van der Waals surface area contributed by atoms with Gasteiger partial charge in [0.1, 0.15) is 30.5 Å². The van der Waals surface area contributed by atoms with E-state index in [0.29, 0.717) is 0 Å². The van der Waals surface area contributed by atoms with Crippen molar-refractivity contribution < 1.29 is 74.3 Å². The van der Waals surface area contributed by atoms with Gasteiger partial charge in [-0.05, 0) is 0 Å². The SMILES string of the molecule is CO[C@@H]1[C@@H](NC(C)=O)[C@@H](OP(=O)(O)OP(OCCC#N)OC[C@H]2O[C@@H](n3ccc(=O)[nH]c3=O)[C@H](OC(C)=O)[C@@H]2OC(C)=O)O[C@@H]2CO[Si](C(C)(C)C)(C(C)(C)C)O[C@@H]12. The minimum atomic E-state index is -5.29. The first-order valence-corrected chi connectivity index (χ1v) is 22.6. The molecule has 326 valence electrons. The van der Waals surface area contributed by atoms with Gasteiger partial charge in [0.05, 0.1) is 32.3 Å². The molecule has 3 aliphatic heterocycles. The van der Waals surface area contributed by atoms with Gasteiger partial charge in [-0.1, -0.05) is 41.5 Å². The topological polar surface area (TPSA) is 281 Å². The van der Waals surface area contributed by atoms with Crippen molar-refractivity contribution >= 4 is 42.8 Å². The van der Waals surface area contributed by atoms with Crippen LogP contribution in [-0.4, -0.2) is 117 Å². The fourth-order valence-corrected chi connectivity index (χ4v) is 14.4. The third-order valence-electron chi connectivity index (χ3n) is 9.19. The van der Waals surface area contributed by atoms with Crippen LogP contribution in [0.2, 0.25) is 10.1 Å². The lowest BCUT2D eigenvalue weighted by Crippen LogP contribution is -2.73. The number of amides is 1. The van der Waals surface area contributed by atoms with Crippen LogP contribution < -0.4 is 16.6 Å². The van der Waals surface area contributed by atoms with Crippen molar-refractivity contribution in [2.45, 2.75) is 134 Å². The number of methoxy groups -OCH3 is 1. The third-order valence-corrected chi connectivity index (χ3v) is 16.9. The number of nitrogens with one attached hydrogen (secondary N) is 2. The van der Waals surface area contributed by atoms with Crippen molar-refractivity contribution in [3.63, 3.8) is 0 Å². The highest BCUT2D eigenvalue weighted by molar-refractivity contribution is 7.58. The van der Waals surface area contributed by atoms with Gasteiger partial charge < -0.3 is 51.8 Å². The second-order valence-electron chi connectivity index (χ2n) is 15.6. The van der Waals surface area contributed by atoms with Crippen molar-refractivity contribution in [2.75, 3.05) is 26.9 Å². The first kappa shape index (κ1) is 47.7. The quantitative estimate of drug-likeness (QED) is 0.0986. The molecule has 3 N–H and O–H groups in total. The van der Waals surface area contributed by atoms with Crippen molar-refractivity contribution in [1.82, 2.24) is 14.9 Å². The fraction of sp³-hybridized carbons (Fsp3) is 0.758. The Labute approximate surface area is 336 Å². The Hall–Kier alpha value is -2.94. The van der Waals surface area contributed by atoms with Crippen molar-refractivity contribution in [1.29, 1.82) is 5.26 Å². The predicted octanol–water partition coefficient (Wildman–Crippen LogP) is 2.31. The second-order valence-corrected chi connectivity index (χ2v) is 23.1. The van der Waals surface area contributed by atoms with E-state index in [1.54, 1.807) is 0 Å². The minimum Gasteiger partial charge on any atom is -0.456 e. The maximum atomic E-state index is 13.7. The number of aromatic nitrogens is 2. The Morgan fingerprint density at radius 2 is 1.69 bits per heavy atom. The first-order valence-electron chi connectivity index (χ1n) is 18.2. The van der Waals surface area contributed by atoms with E-state index in [-0.39, 0.29) is 19.6 Å². The summed E-state index contributed by atoms with van der Waals surface area (Å²) in [6, 6.07) is 1.64. The van der Waals surface area contributed by atoms with Gasteiger partial charge in [-0.15, -0.1) is 0 Å². The lowest BCUT2D eigenvalue weighted by atomic mass is 9.96. The van der Waals surface area contributed by atoms with E-state index in [0.717, 1.165) is 30.7 Å². The molecule has 1 amide bonds. The number of carbonyl (C=O) groups is 3. The number of hydrogen-bond acceptors (Lipinski definition) is 18. The smallest absolute Gasteiger partial charge is 0.456 e. The zero-order valence-corrected chi connectivity index (χ0v) is 36.6. The summed E-state index contributed by atoms with van der Waals surface area (Å²) in [4.78, 5) is 74.4. The second kappa shape index (κ2) is 19.2. The van der Waals surface area contributed by atoms with E-state index in [4.69, 9.17) is 55.7 Å². The summed E-state index contributed by atoms with van der Waals surface area (Å²) >= 11 is 0. The number of H-pyrrole nitrogens is 1. The summed E-state index contributed by atoms with van der Waals surface area (Å²) in [5.41, 5.74) is -1.67. The number of aromatic amines is 1. The largest absolute Gasteiger partial charge is 0.481 e. The molecule has 0 bridgehead atoms. The molecule has 3 fully saturated rings. The van der Waals surface area contributed by atoms with Crippen LogP contribution >= 0.6 is 16.4 Å². The highest BCUT2D eigenvalue weighted by Gasteiger charge is 2.65. The molecule has 11 atom stereocenters. The standard InChI is InChI=1S/C33H52N4O18P2Si/c1-18(38)35-24-27(45-10)26-22(17-48-58(54-26,32(4,5)6)33(7,8)9)52-30(24)53-57(43,44)55-56(46-15-11-13-34)47-16-21-25(49-19(2)39)28(50-20(3)40)29(51-21)37-14-12-23(41)36-31(37)42/h12,14,21-22,24-30H,11,15-17H2,1-10H3,(H,35,38)(H,43,44)(H,36,41,42)/t21-,22-,24-,25-,26-,27-,28-,29-,30-,56?/m1/s1. The van der Waals surface area contributed by atoms with E-state index in [9.17, 15) is 33.4 Å². The molecule has 3 aliphatic rings. The molecule has 0 aliphatic carbocycles. The molecule has 2 unspecified atom stereocenters. The highest BCUT2D eigenvalue weighted by atomic mass is 31.3. The number of phosphoric ester groups is 1. The van der Waals surface area contributed by atoms with E-state index >= 15 is 0 Å². The van der Waals surface area contributed by atoms with Gasteiger partial charge >= 0.3 is 42.6 Å². The maximum absolute atomic E-state index is 13.7. The van der Waals surface area contributed by atoms with Crippen LogP contribution in [0.3, 0.4) is 0 Å². The van der Waals surface area contributed by atoms with Crippen LogP contribution in [0.25, 0.3) is 0 Å². The highest BCUT2D eigenvalue weighted by Crippen LogP contribution is 2.60. The van der Waals surface area contributed by atoms with Gasteiger partial charge in [0.15, 0.2) is 24.7 Å². The number of esters is 2. The summed E-state index contributed by atoms with van der Waals surface area (Å²) < 4.78 is 78.9. The van der Waals surface area contributed by atoms with E-state index in [1.807, 2.05) is 47.6 Å². The molecular weight excluding hydrogens is 830 g/mol. The van der Waals surface area contributed by atoms with Gasteiger partial charge in [-0.25, -0.2) is 13.7 Å². The monoisotopic (exact) mass is 882 g/mol. The molecule has 0 saturated carbocycles. The van der Waals surface area contributed by atoms with Gasteiger partial charge in [0.2, 0.25) is 5.91 Å². The summed E-state index contributed by atoms with van der Waals surface area (Å²) in [6.45, 7) is 14.5. The number of carbonyl (C=O) groups excluding carboxylic acids is 3. The van der Waals surface area contributed by atoms with Crippen molar-refractivity contribution in [2.24, 2.45) is 0 Å². The molecule has 3 saturated heterocycles. The minimum absolute atomic E-state index is 0.00697. The average molecular weight is 883 g/mol. The van der Waals surface area contributed by atoms with Crippen molar-refractivity contribution in [3.8, 4) is 6.07 Å². The van der Waals surface area contributed by atoms with E-state index in [1.165, 1.54) is 14.0 Å². The predicted molar refractivity (Wildman–Crippen MR) is 200 cm³/mol. The summed E-state index contributed by atoms with van der Waals surface area (Å²) in [5.74, 6) is -2.21. The Balaban J connectivity index is 1.59. The third kappa shape index (κ3) is 11.2. The number of nitriles is 1. The number of nitrogens with zero attached hydrogens (tertiary/aromatic N) is 2. The van der Waals surface area contributed by atoms with Crippen LogP contribution in [0.4, 0.5) is 0 Å². The lowest BCUT2D eigenvalue weighted by molar-refractivity contribution is -0.264.